The average Bonchev–Trinajstić information content (AvgIpc) is 3.33. The highest BCUT2D eigenvalue weighted by atomic mass is 31.1. The van der Waals surface area contributed by atoms with Crippen LogP contribution in [0, 0.1) is 0 Å². The van der Waals surface area contributed by atoms with Crippen molar-refractivity contribution in [1.29, 1.82) is 0 Å². The van der Waals surface area contributed by atoms with Gasteiger partial charge in [0.2, 0.25) is 0 Å². The molecule has 0 fully saturated rings. The maximum absolute atomic E-state index is 6.96. The number of ether oxygens (including phenoxy) is 10. The van der Waals surface area contributed by atoms with Gasteiger partial charge in [-0.15, -0.1) is 0 Å². The Kier molecular flexibility index (Phi) is 13.4. The maximum Gasteiger partial charge on any atom is 0.151 e. The van der Waals surface area contributed by atoms with Gasteiger partial charge >= 0.3 is 0 Å². The van der Waals surface area contributed by atoms with Gasteiger partial charge in [-0.2, -0.15) is 0 Å². The molecule has 2 aliphatic rings. The molecule has 2 aliphatic heterocycles. The zero-order chi connectivity index (χ0) is 45.1. The summed E-state index contributed by atoms with van der Waals surface area (Å²) in [6.45, 7) is 2.41. The van der Waals surface area contributed by atoms with Crippen LogP contribution in [0.5, 0.6) is 57.5 Å². The van der Waals surface area contributed by atoms with E-state index in [0.717, 1.165) is 78.9 Å². The molecule has 6 aromatic rings. The van der Waals surface area contributed by atoms with Crippen molar-refractivity contribution in [2.75, 3.05) is 107 Å². The third kappa shape index (κ3) is 8.57. The highest BCUT2D eigenvalue weighted by Crippen LogP contribution is 2.54. The minimum absolute atomic E-state index is 0.484. The standard InChI is InChI=1S/C50H54N2O10P2/c1-51-15-17-61-49-43(51)11-13-45(63(39-23-31(53-3)19-32(24-39)54-4)40-25-33(55-5)20-34(26-40)56-6)47(49)48-46(14-12-44-50(48)62-18-16-52(44)2)64(41-27-35(57-7)21-36(28-41)58-8)42-29-37(59-9)22-38(30-42)60-10/h11-14,19-30H,15-18H2,1-10H3. The Morgan fingerprint density at radius 1 is 0.375 bits per heavy atom. The van der Waals surface area contributed by atoms with Crippen molar-refractivity contribution in [2.45, 2.75) is 0 Å². The van der Waals surface area contributed by atoms with E-state index in [-0.39, 0.29) is 0 Å². The SMILES string of the molecule is COc1cc(OC)cc(P(c2cc(OC)cc(OC)c2)c2ccc3c(c2-c2c(P(c4cc(OC)cc(OC)c4)c4cc(OC)cc(OC)c4)ccc4c2OCCN4C)OCCN3C)c1. The molecular weight excluding hydrogens is 851 g/mol. The second-order valence-electron chi connectivity index (χ2n) is 15.1. The lowest BCUT2D eigenvalue weighted by Crippen LogP contribution is -2.34. The van der Waals surface area contributed by atoms with Gasteiger partial charge in [0.15, 0.2) is 11.5 Å². The Balaban J connectivity index is 1.56. The van der Waals surface area contributed by atoms with Crippen molar-refractivity contribution in [3.8, 4) is 68.6 Å². The van der Waals surface area contributed by atoms with Gasteiger partial charge in [-0.25, -0.2) is 0 Å². The van der Waals surface area contributed by atoms with Crippen LogP contribution in [0.15, 0.2) is 97.1 Å². The summed E-state index contributed by atoms with van der Waals surface area (Å²) in [5.74, 6) is 6.84. The number of hydrogen-bond acceptors (Lipinski definition) is 12. The van der Waals surface area contributed by atoms with Crippen LogP contribution in [-0.4, -0.2) is 97.3 Å². The fourth-order valence-electron chi connectivity index (χ4n) is 8.22. The smallest absolute Gasteiger partial charge is 0.151 e. The summed E-state index contributed by atoms with van der Waals surface area (Å²) in [4.78, 5) is 4.50. The Labute approximate surface area is 377 Å². The van der Waals surface area contributed by atoms with Gasteiger partial charge in [-0.05, 0) is 108 Å². The highest BCUT2D eigenvalue weighted by molar-refractivity contribution is 7.81. The molecule has 0 N–H and O–H groups in total. The molecule has 0 atom stereocenters. The number of fused-ring (bicyclic) bond motifs is 2. The number of likely N-dealkylation sites (N-methyl/N-ethyl adjacent to an activating group) is 2. The molecule has 8 rings (SSSR count). The number of methoxy groups -OCH3 is 8. The predicted molar refractivity (Wildman–Crippen MR) is 259 cm³/mol. The molecule has 14 heteroatoms. The average molecular weight is 905 g/mol. The van der Waals surface area contributed by atoms with Gasteiger partial charge in [0.05, 0.1) is 81.3 Å². The first-order chi connectivity index (χ1) is 31.1. The molecule has 0 amide bonds. The molecule has 0 radical (unpaired) electrons. The van der Waals surface area contributed by atoms with Crippen LogP contribution in [-0.2, 0) is 0 Å². The summed E-state index contributed by atoms with van der Waals surface area (Å²) in [5, 5.41) is 5.95. The van der Waals surface area contributed by atoms with Gasteiger partial charge in [0.1, 0.15) is 59.2 Å². The molecule has 2 heterocycles. The summed E-state index contributed by atoms with van der Waals surface area (Å²) in [6, 6.07) is 33.0. The molecule has 64 heavy (non-hydrogen) atoms. The van der Waals surface area contributed by atoms with Gasteiger partial charge in [-0.3, -0.25) is 0 Å². The van der Waals surface area contributed by atoms with Gasteiger partial charge < -0.3 is 57.2 Å². The molecular formula is C50H54N2O10P2. The van der Waals surface area contributed by atoms with Crippen LogP contribution >= 0.6 is 15.8 Å². The Morgan fingerprint density at radius 3 is 0.859 bits per heavy atom. The lowest BCUT2D eigenvalue weighted by Gasteiger charge is -2.36. The summed E-state index contributed by atoms with van der Waals surface area (Å²) in [5.41, 5.74) is 3.76. The first kappa shape index (κ1) is 44.4. The zero-order valence-corrected chi connectivity index (χ0v) is 39.7. The van der Waals surface area contributed by atoms with E-state index in [1.54, 1.807) is 56.9 Å². The van der Waals surface area contributed by atoms with Crippen molar-refractivity contribution in [3.63, 3.8) is 0 Å². The molecule has 0 spiro atoms. The van der Waals surface area contributed by atoms with Gasteiger partial charge in [-0.1, -0.05) is 12.1 Å². The number of nitrogens with zero attached hydrogens (tertiary/aromatic N) is 2. The molecule has 0 saturated carbocycles. The number of rotatable bonds is 15. The Hall–Kier alpha value is -6.22. The first-order valence-corrected chi connectivity index (χ1v) is 23.4. The quantitative estimate of drug-likeness (QED) is 0.104. The normalized spacial score (nSPS) is 13.1. The van der Waals surface area contributed by atoms with Crippen LogP contribution in [0.4, 0.5) is 11.4 Å². The third-order valence-corrected chi connectivity index (χ3v) is 16.3. The largest absolute Gasteiger partial charge is 0.497 e. The molecule has 0 saturated heterocycles. The van der Waals surface area contributed by atoms with E-state index in [1.165, 1.54) is 0 Å². The van der Waals surface area contributed by atoms with E-state index >= 15 is 0 Å². The van der Waals surface area contributed by atoms with Crippen LogP contribution in [0.25, 0.3) is 11.1 Å². The summed E-state index contributed by atoms with van der Waals surface area (Å²) in [7, 11) is 14.6. The van der Waals surface area contributed by atoms with Crippen molar-refractivity contribution in [2.24, 2.45) is 0 Å². The van der Waals surface area contributed by atoms with Crippen LogP contribution < -0.4 is 89.0 Å². The molecule has 0 aromatic heterocycles. The van der Waals surface area contributed by atoms with Crippen molar-refractivity contribution in [1.82, 2.24) is 0 Å². The van der Waals surface area contributed by atoms with Crippen LogP contribution in [0.3, 0.4) is 0 Å². The predicted octanol–water partition coefficient (Wildman–Crippen LogP) is 6.60. The summed E-state index contributed by atoms with van der Waals surface area (Å²) < 4.78 is 61.3. The van der Waals surface area contributed by atoms with Gasteiger partial charge in [0.25, 0.3) is 0 Å². The molecule has 12 nitrogen and oxygen atoms in total. The molecule has 6 aromatic carbocycles. The van der Waals surface area contributed by atoms with E-state index in [9.17, 15) is 0 Å². The summed E-state index contributed by atoms with van der Waals surface area (Å²) in [6.07, 6.45) is 0. The van der Waals surface area contributed by atoms with Crippen LogP contribution in [0.2, 0.25) is 0 Å². The maximum atomic E-state index is 6.96. The van der Waals surface area contributed by atoms with Crippen LogP contribution in [0.1, 0.15) is 0 Å². The molecule has 0 unspecified atom stereocenters. The van der Waals surface area contributed by atoms with E-state index < -0.39 is 15.8 Å². The van der Waals surface area contributed by atoms with E-state index in [0.29, 0.717) is 59.2 Å². The Morgan fingerprint density at radius 2 is 0.625 bits per heavy atom. The minimum atomic E-state index is -1.46. The zero-order valence-electron chi connectivity index (χ0n) is 37.9. The fourth-order valence-corrected chi connectivity index (χ4v) is 13.3. The lowest BCUT2D eigenvalue weighted by molar-refractivity contribution is 0.308. The molecule has 0 bridgehead atoms. The first-order valence-electron chi connectivity index (χ1n) is 20.7. The highest BCUT2D eigenvalue weighted by Gasteiger charge is 2.36. The van der Waals surface area contributed by atoms with Gasteiger partial charge in [0, 0.05) is 49.5 Å². The second kappa shape index (κ2) is 19.3. The van der Waals surface area contributed by atoms with Crippen molar-refractivity contribution < 1.29 is 47.4 Å². The molecule has 0 aliphatic carbocycles. The van der Waals surface area contributed by atoms with E-state index in [4.69, 9.17) is 47.4 Å². The number of hydrogen-bond donors (Lipinski definition) is 0. The molecule has 334 valence electrons. The summed E-state index contributed by atoms with van der Waals surface area (Å²) >= 11 is 0. The second-order valence-corrected chi connectivity index (χ2v) is 19.5. The topological polar surface area (TPSA) is 98.8 Å². The third-order valence-electron chi connectivity index (χ3n) is 11.5. The van der Waals surface area contributed by atoms with Crippen molar-refractivity contribution >= 4 is 59.0 Å². The lowest BCUT2D eigenvalue weighted by atomic mass is 9.99. The van der Waals surface area contributed by atoms with E-state index in [1.807, 2.05) is 24.3 Å². The monoisotopic (exact) mass is 904 g/mol. The Bertz CT molecular complexity index is 2280. The van der Waals surface area contributed by atoms with E-state index in [2.05, 4.69) is 96.7 Å². The minimum Gasteiger partial charge on any atom is -0.497 e. The number of anilines is 2. The fraction of sp³-hybridized carbons (Fsp3) is 0.280. The number of benzene rings is 6. The van der Waals surface area contributed by atoms with Crippen molar-refractivity contribution in [3.05, 3.63) is 97.1 Å².